The van der Waals surface area contributed by atoms with E-state index in [9.17, 15) is 0 Å². The van der Waals surface area contributed by atoms with Crippen LogP contribution in [0.15, 0.2) is 46.0 Å². The van der Waals surface area contributed by atoms with Crippen LogP contribution in [0.3, 0.4) is 0 Å². The quantitative estimate of drug-likeness (QED) is 0.613. The number of hydrazone groups is 1. The van der Waals surface area contributed by atoms with Gasteiger partial charge in [-0.3, -0.25) is 5.43 Å². The Morgan fingerprint density at radius 2 is 2.13 bits per heavy atom. The molecule has 0 aliphatic rings. The van der Waals surface area contributed by atoms with Crippen molar-refractivity contribution in [3.8, 4) is 0 Å². The third-order valence-electron chi connectivity index (χ3n) is 1.82. The Kier molecular flexibility index (Phi) is 2.78. The number of anilines is 1. The first-order chi connectivity index (χ1) is 7.34. The normalized spacial score (nSPS) is 10.7. The Hall–Kier alpha value is -2.10. The Morgan fingerprint density at radius 1 is 1.33 bits per heavy atom. The molecule has 0 bridgehead atoms. The fraction of sp³-hybridized carbons (Fsp3) is 0.0909. The van der Waals surface area contributed by atoms with E-state index in [-0.39, 0.29) is 0 Å². The summed E-state index contributed by atoms with van der Waals surface area (Å²) in [5, 5.41) is 7.77. The van der Waals surface area contributed by atoms with Gasteiger partial charge in [-0.1, -0.05) is 35.5 Å². The lowest BCUT2D eigenvalue weighted by molar-refractivity contribution is 0.400. The molecule has 0 saturated heterocycles. The maximum Gasteiger partial charge on any atom is 0.189 e. The molecule has 0 spiro atoms. The van der Waals surface area contributed by atoms with Crippen molar-refractivity contribution in [1.29, 1.82) is 0 Å². The van der Waals surface area contributed by atoms with E-state index in [0.717, 1.165) is 11.3 Å². The van der Waals surface area contributed by atoms with Crippen LogP contribution in [-0.2, 0) is 0 Å². The van der Waals surface area contributed by atoms with Crippen LogP contribution in [0.1, 0.15) is 11.3 Å². The smallest absolute Gasteiger partial charge is 0.189 e. The van der Waals surface area contributed by atoms with Crippen LogP contribution in [0.2, 0.25) is 0 Å². The van der Waals surface area contributed by atoms with Crippen LogP contribution in [-0.4, -0.2) is 11.4 Å². The van der Waals surface area contributed by atoms with Crippen molar-refractivity contribution in [1.82, 2.24) is 5.16 Å². The van der Waals surface area contributed by atoms with Crippen LogP contribution in [0.4, 0.5) is 5.82 Å². The second kappa shape index (κ2) is 4.41. The number of aryl methyl sites for hydroxylation is 1. The average molecular weight is 201 g/mol. The van der Waals surface area contributed by atoms with Gasteiger partial charge in [0, 0.05) is 6.07 Å². The highest BCUT2D eigenvalue weighted by Crippen LogP contribution is 2.06. The van der Waals surface area contributed by atoms with Gasteiger partial charge in [0.25, 0.3) is 0 Å². The molecule has 4 heteroatoms. The van der Waals surface area contributed by atoms with Crippen molar-refractivity contribution < 1.29 is 4.52 Å². The molecule has 1 aromatic carbocycles. The predicted octanol–water partition coefficient (Wildman–Crippen LogP) is 2.43. The molecule has 2 rings (SSSR count). The van der Waals surface area contributed by atoms with E-state index in [4.69, 9.17) is 4.52 Å². The zero-order chi connectivity index (χ0) is 10.5. The fourth-order valence-corrected chi connectivity index (χ4v) is 1.13. The summed E-state index contributed by atoms with van der Waals surface area (Å²) in [6, 6.07) is 11.6. The van der Waals surface area contributed by atoms with E-state index in [0.29, 0.717) is 5.82 Å². The molecule has 76 valence electrons. The largest absolute Gasteiger partial charge is 0.359 e. The second-order valence-electron chi connectivity index (χ2n) is 3.10. The third kappa shape index (κ3) is 2.67. The van der Waals surface area contributed by atoms with E-state index < -0.39 is 0 Å². The molecule has 1 aromatic heterocycles. The molecule has 0 atom stereocenters. The van der Waals surface area contributed by atoms with Gasteiger partial charge in [0.1, 0.15) is 5.76 Å². The zero-order valence-corrected chi connectivity index (χ0v) is 8.34. The van der Waals surface area contributed by atoms with Crippen molar-refractivity contribution in [3.63, 3.8) is 0 Å². The SMILES string of the molecule is Cc1cc(N/N=C/c2ccccc2)no1. The van der Waals surface area contributed by atoms with Gasteiger partial charge in [0.15, 0.2) is 5.82 Å². The minimum Gasteiger partial charge on any atom is -0.359 e. The summed E-state index contributed by atoms with van der Waals surface area (Å²) in [5.74, 6) is 1.37. The Bertz CT molecular complexity index is 448. The van der Waals surface area contributed by atoms with Gasteiger partial charge < -0.3 is 4.52 Å². The predicted molar refractivity (Wildman–Crippen MR) is 58.9 cm³/mol. The lowest BCUT2D eigenvalue weighted by Gasteiger charge is -1.92. The van der Waals surface area contributed by atoms with Crippen LogP contribution in [0, 0.1) is 6.92 Å². The topological polar surface area (TPSA) is 50.4 Å². The number of benzene rings is 1. The molecule has 0 saturated carbocycles. The number of nitrogens with zero attached hydrogens (tertiary/aromatic N) is 2. The summed E-state index contributed by atoms with van der Waals surface area (Å²) in [7, 11) is 0. The van der Waals surface area contributed by atoms with E-state index in [1.54, 1.807) is 12.3 Å². The van der Waals surface area contributed by atoms with Gasteiger partial charge in [-0.15, -0.1) is 0 Å². The number of rotatable bonds is 3. The first-order valence-electron chi connectivity index (χ1n) is 4.62. The third-order valence-corrected chi connectivity index (χ3v) is 1.82. The standard InChI is InChI=1S/C11H11N3O/c1-9-7-11(14-15-9)13-12-8-10-5-3-2-4-6-10/h2-8H,1H3,(H,13,14)/b12-8+. The molecule has 0 aliphatic heterocycles. The van der Waals surface area contributed by atoms with Crippen LogP contribution >= 0.6 is 0 Å². The maximum absolute atomic E-state index is 4.88. The van der Waals surface area contributed by atoms with Gasteiger partial charge in [-0.2, -0.15) is 5.10 Å². The number of hydrogen-bond acceptors (Lipinski definition) is 4. The number of nitrogens with one attached hydrogen (secondary N) is 1. The monoisotopic (exact) mass is 201 g/mol. The molecule has 1 N–H and O–H groups in total. The summed E-state index contributed by atoms with van der Waals surface area (Å²) < 4.78 is 4.88. The maximum atomic E-state index is 4.88. The van der Waals surface area contributed by atoms with Gasteiger partial charge in [0.2, 0.25) is 0 Å². The molecule has 1 heterocycles. The molecule has 0 unspecified atom stereocenters. The lowest BCUT2D eigenvalue weighted by atomic mass is 10.2. The molecule has 0 fully saturated rings. The van der Waals surface area contributed by atoms with Gasteiger partial charge in [0.05, 0.1) is 6.21 Å². The molecule has 4 nitrogen and oxygen atoms in total. The van der Waals surface area contributed by atoms with Gasteiger partial charge in [-0.25, -0.2) is 0 Å². The van der Waals surface area contributed by atoms with Crippen LogP contribution < -0.4 is 5.43 Å². The van der Waals surface area contributed by atoms with Crippen molar-refractivity contribution >= 4 is 12.0 Å². The lowest BCUT2D eigenvalue weighted by Crippen LogP contribution is -1.89. The Balaban J connectivity index is 1.96. The molecule has 2 aromatic rings. The molecule has 15 heavy (non-hydrogen) atoms. The highest BCUT2D eigenvalue weighted by molar-refractivity contribution is 5.79. The van der Waals surface area contributed by atoms with E-state index in [1.807, 2.05) is 37.3 Å². The van der Waals surface area contributed by atoms with E-state index in [2.05, 4.69) is 15.7 Å². The molecule has 0 radical (unpaired) electrons. The van der Waals surface area contributed by atoms with Crippen molar-refractivity contribution in [2.45, 2.75) is 6.92 Å². The highest BCUT2D eigenvalue weighted by Gasteiger charge is 1.95. The summed E-state index contributed by atoms with van der Waals surface area (Å²) in [6.45, 7) is 1.83. The first-order valence-corrected chi connectivity index (χ1v) is 4.62. The summed E-state index contributed by atoms with van der Waals surface area (Å²) in [6.07, 6.45) is 1.73. The summed E-state index contributed by atoms with van der Waals surface area (Å²) in [5.41, 5.74) is 3.81. The van der Waals surface area contributed by atoms with E-state index >= 15 is 0 Å². The first kappa shape index (κ1) is 9.45. The van der Waals surface area contributed by atoms with Crippen LogP contribution in [0.5, 0.6) is 0 Å². The molecular formula is C11H11N3O. The summed E-state index contributed by atoms with van der Waals surface area (Å²) >= 11 is 0. The summed E-state index contributed by atoms with van der Waals surface area (Å²) in [4.78, 5) is 0. The fourth-order valence-electron chi connectivity index (χ4n) is 1.13. The Morgan fingerprint density at radius 3 is 2.80 bits per heavy atom. The number of hydrogen-bond donors (Lipinski definition) is 1. The van der Waals surface area contributed by atoms with E-state index in [1.165, 1.54) is 0 Å². The average Bonchev–Trinajstić information content (AvgIpc) is 2.66. The molecular weight excluding hydrogens is 190 g/mol. The molecule has 0 aliphatic carbocycles. The van der Waals surface area contributed by atoms with Crippen molar-refractivity contribution in [2.75, 3.05) is 5.43 Å². The second-order valence-corrected chi connectivity index (χ2v) is 3.10. The van der Waals surface area contributed by atoms with Crippen molar-refractivity contribution in [3.05, 3.63) is 47.7 Å². The zero-order valence-electron chi connectivity index (χ0n) is 8.34. The minimum atomic E-state index is 0.611. The van der Waals surface area contributed by atoms with Gasteiger partial charge >= 0.3 is 0 Å². The van der Waals surface area contributed by atoms with Crippen LogP contribution in [0.25, 0.3) is 0 Å². The molecule has 0 amide bonds. The van der Waals surface area contributed by atoms with Gasteiger partial charge in [-0.05, 0) is 12.5 Å². The highest BCUT2D eigenvalue weighted by atomic mass is 16.5. The minimum absolute atomic E-state index is 0.611. The number of aromatic nitrogens is 1. The van der Waals surface area contributed by atoms with Crippen molar-refractivity contribution in [2.24, 2.45) is 5.10 Å². The Labute approximate surface area is 87.6 Å².